The number of pyridine rings is 2. The first-order chi connectivity index (χ1) is 18.2. The second kappa shape index (κ2) is 11.8. The SMILES string of the molecule is Cc1cc(OCCCC(F)(F)P=O)ccc1CCc1ccc2c(cnc3c(CCC(=O)O)ccc(N)c32)n1. The van der Waals surface area contributed by atoms with Crippen LogP contribution in [0.3, 0.4) is 0 Å². The Hall–Kier alpha value is -3.71. The van der Waals surface area contributed by atoms with Crippen molar-refractivity contribution in [2.24, 2.45) is 0 Å². The minimum atomic E-state index is -3.21. The fraction of sp³-hybridized carbons (Fsp3) is 0.321. The molecule has 4 aromatic rings. The summed E-state index contributed by atoms with van der Waals surface area (Å²) in [5.74, 6) is -0.255. The largest absolute Gasteiger partial charge is 0.494 e. The Morgan fingerprint density at radius 1 is 1.11 bits per heavy atom. The second-order valence-electron chi connectivity index (χ2n) is 9.22. The standard InChI is InChI=1S/C28H28F2N3O4P/c1-17-15-21(37-14-2-13-28(29,30)38-36)9-4-18(17)3-7-20-8-10-22-24(33-20)16-32-27-19(6-12-25(34)35)5-11-23(31)26(22)27/h4-5,8-11,15-16H,2-3,6-7,12-14,31H2,1H3,(H,34,35). The zero-order valence-electron chi connectivity index (χ0n) is 20.9. The number of hydrogen-bond donors (Lipinski definition) is 2. The molecule has 0 aliphatic heterocycles. The maximum atomic E-state index is 13.0. The zero-order valence-corrected chi connectivity index (χ0v) is 21.8. The first-order valence-electron chi connectivity index (χ1n) is 12.3. The molecule has 7 nitrogen and oxygen atoms in total. The van der Waals surface area contributed by atoms with Crippen LogP contribution in [0.5, 0.6) is 5.75 Å². The monoisotopic (exact) mass is 539 g/mol. The number of alkyl halides is 2. The van der Waals surface area contributed by atoms with Crippen molar-refractivity contribution in [2.75, 3.05) is 12.3 Å². The Balaban J connectivity index is 1.44. The van der Waals surface area contributed by atoms with Gasteiger partial charge in [-0.1, -0.05) is 18.2 Å². The van der Waals surface area contributed by atoms with Crippen LogP contribution in [0.2, 0.25) is 0 Å². The topological polar surface area (TPSA) is 115 Å². The molecular formula is C28H28F2N3O4P. The lowest BCUT2D eigenvalue weighted by atomic mass is 10.00. The molecule has 0 atom stereocenters. The number of anilines is 1. The molecule has 38 heavy (non-hydrogen) atoms. The third-order valence-corrected chi connectivity index (χ3v) is 6.95. The van der Waals surface area contributed by atoms with Crippen molar-refractivity contribution in [1.82, 2.24) is 9.97 Å². The average molecular weight is 540 g/mol. The van der Waals surface area contributed by atoms with Crippen LogP contribution < -0.4 is 10.5 Å². The Kier molecular flexibility index (Phi) is 8.47. The van der Waals surface area contributed by atoms with Gasteiger partial charge in [0.1, 0.15) is 5.75 Å². The Labute approximate surface area is 220 Å². The number of carboxylic acids is 1. The molecule has 0 unspecified atom stereocenters. The van der Waals surface area contributed by atoms with E-state index in [1.54, 1.807) is 12.3 Å². The highest BCUT2D eigenvalue weighted by molar-refractivity contribution is 7.25. The van der Waals surface area contributed by atoms with Gasteiger partial charge in [-0.15, -0.1) is 0 Å². The van der Waals surface area contributed by atoms with Gasteiger partial charge < -0.3 is 15.6 Å². The van der Waals surface area contributed by atoms with Crippen LogP contribution in [-0.2, 0) is 28.6 Å². The van der Waals surface area contributed by atoms with E-state index in [9.17, 15) is 18.1 Å². The van der Waals surface area contributed by atoms with Crippen molar-refractivity contribution < 1.29 is 28.0 Å². The van der Waals surface area contributed by atoms with Crippen molar-refractivity contribution >= 4 is 41.9 Å². The van der Waals surface area contributed by atoms with Crippen LogP contribution in [0.15, 0.2) is 48.7 Å². The van der Waals surface area contributed by atoms with Gasteiger partial charge in [-0.25, -0.2) is 0 Å². The first-order valence-corrected chi connectivity index (χ1v) is 13.1. The zero-order chi connectivity index (χ0) is 27.3. The number of rotatable bonds is 12. The predicted octanol–water partition coefficient (Wildman–Crippen LogP) is 6.52. The normalized spacial score (nSPS) is 11.9. The number of aromatic nitrogens is 2. The van der Waals surface area contributed by atoms with Gasteiger partial charge in [-0.2, -0.15) is 8.78 Å². The van der Waals surface area contributed by atoms with Gasteiger partial charge in [0.05, 0.1) is 23.8 Å². The van der Waals surface area contributed by atoms with E-state index in [-0.39, 0.29) is 19.4 Å². The van der Waals surface area contributed by atoms with Crippen molar-refractivity contribution in [3.05, 3.63) is 71.0 Å². The predicted molar refractivity (Wildman–Crippen MR) is 143 cm³/mol. The third kappa shape index (κ3) is 6.58. The Morgan fingerprint density at radius 3 is 2.63 bits per heavy atom. The van der Waals surface area contributed by atoms with E-state index in [4.69, 9.17) is 20.6 Å². The summed E-state index contributed by atoms with van der Waals surface area (Å²) in [6.07, 6.45) is 3.16. The number of halogens is 2. The number of nitrogen functional groups attached to an aromatic ring is 1. The fourth-order valence-corrected chi connectivity index (χ4v) is 4.69. The number of carboxylic acid groups (broad SMARTS) is 1. The quantitative estimate of drug-likeness (QED) is 0.0911. The molecule has 0 radical (unpaired) electrons. The van der Waals surface area contributed by atoms with Crippen LogP contribution in [0.1, 0.15) is 41.6 Å². The lowest BCUT2D eigenvalue weighted by Gasteiger charge is -2.12. The molecule has 0 aliphatic carbocycles. The number of nitrogens with zero attached hydrogens (tertiary/aromatic N) is 2. The van der Waals surface area contributed by atoms with Crippen molar-refractivity contribution in [1.29, 1.82) is 0 Å². The molecule has 0 bridgehead atoms. The molecule has 0 spiro atoms. The van der Waals surface area contributed by atoms with E-state index in [0.29, 0.717) is 29.8 Å². The smallest absolute Gasteiger partial charge is 0.325 e. The molecule has 2 aromatic heterocycles. The molecule has 3 N–H and O–H groups in total. The molecule has 2 heterocycles. The fourth-order valence-electron chi connectivity index (χ4n) is 4.44. The van der Waals surface area contributed by atoms with Gasteiger partial charge >= 0.3 is 11.6 Å². The molecule has 198 valence electrons. The minimum Gasteiger partial charge on any atom is -0.494 e. The highest BCUT2D eigenvalue weighted by Gasteiger charge is 2.28. The lowest BCUT2D eigenvalue weighted by molar-refractivity contribution is -0.136. The van der Waals surface area contributed by atoms with Crippen LogP contribution in [-0.4, -0.2) is 33.3 Å². The number of aryl methyl sites for hydroxylation is 4. The van der Waals surface area contributed by atoms with E-state index in [1.165, 1.54) is 0 Å². The van der Waals surface area contributed by atoms with Gasteiger partial charge in [0, 0.05) is 35.0 Å². The van der Waals surface area contributed by atoms with Crippen molar-refractivity contribution in [3.8, 4) is 5.75 Å². The van der Waals surface area contributed by atoms with Crippen molar-refractivity contribution in [3.63, 3.8) is 0 Å². The molecule has 0 amide bonds. The van der Waals surface area contributed by atoms with E-state index in [2.05, 4.69) is 4.98 Å². The van der Waals surface area contributed by atoms with Gasteiger partial charge in [0.15, 0.2) is 0 Å². The summed E-state index contributed by atoms with van der Waals surface area (Å²) in [6, 6.07) is 13.2. The summed E-state index contributed by atoms with van der Waals surface area (Å²) >= 11 is 0. The molecule has 0 saturated carbocycles. The number of aliphatic carboxylic acids is 1. The highest BCUT2D eigenvalue weighted by atomic mass is 31.1. The Bertz CT molecular complexity index is 1500. The molecule has 2 aromatic carbocycles. The first kappa shape index (κ1) is 27.3. The van der Waals surface area contributed by atoms with Crippen LogP contribution in [0.25, 0.3) is 21.8 Å². The lowest BCUT2D eigenvalue weighted by Crippen LogP contribution is -2.09. The van der Waals surface area contributed by atoms with Gasteiger partial charge in [0.2, 0.25) is 8.46 Å². The third-order valence-electron chi connectivity index (χ3n) is 6.46. The van der Waals surface area contributed by atoms with Crippen LogP contribution >= 0.6 is 8.46 Å². The molecular weight excluding hydrogens is 511 g/mol. The number of carbonyl (C=O) groups is 1. The molecule has 4 rings (SSSR count). The van der Waals surface area contributed by atoms with E-state index in [1.807, 2.05) is 43.3 Å². The number of ether oxygens (including phenoxy) is 1. The second-order valence-corrected chi connectivity index (χ2v) is 10.1. The maximum Gasteiger partial charge on any atom is 0.325 e. The van der Waals surface area contributed by atoms with E-state index >= 15 is 0 Å². The minimum absolute atomic E-state index is 0.0175. The van der Waals surface area contributed by atoms with E-state index < -0.39 is 26.5 Å². The summed E-state index contributed by atoms with van der Waals surface area (Å²) in [6.45, 7) is 2.10. The summed E-state index contributed by atoms with van der Waals surface area (Å²) < 4.78 is 42.1. The van der Waals surface area contributed by atoms with Gasteiger partial charge in [-0.3, -0.25) is 19.3 Å². The summed E-state index contributed by atoms with van der Waals surface area (Å²) in [5, 5.41) is 10.7. The van der Waals surface area contributed by atoms with E-state index in [0.717, 1.165) is 45.1 Å². The Morgan fingerprint density at radius 2 is 1.89 bits per heavy atom. The van der Waals surface area contributed by atoms with Gasteiger partial charge in [0.25, 0.3) is 0 Å². The molecule has 10 heteroatoms. The molecule has 0 saturated heterocycles. The number of nitrogens with two attached hydrogens (primary N) is 1. The number of benzene rings is 2. The number of fused-ring (bicyclic) bond motifs is 3. The number of hydrogen-bond acceptors (Lipinski definition) is 6. The van der Waals surface area contributed by atoms with Gasteiger partial charge in [-0.05, 0) is 73.6 Å². The highest BCUT2D eigenvalue weighted by Crippen LogP contribution is 2.32. The molecule has 0 aliphatic rings. The van der Waals surface area contributed by atoms with Crippen LogP contribution in [0, 0.1) is 6.92 Å². The maximum absolute atomic E-state index is 13.0. The summed E-state index contributed by atoms with van der Waals surface area (Å²) in [5.41, 5.74) is 8.95. The summed E-state index contributed by atoms with van der Waals surface area (Å²) in [4.78, 5) is 20.4. The van der Waals surface area contributed by atoms with Crippen LogP contribution in [0.4, 0.5) is 14.5 Å². The van der Waals surface area contributed by atoms with Crippen molar-refractivity contribution in [2.45, 2.75) is 51.1 Å². The molecule has 0 fully saturated rings. The average Bonchev–Trinajstić information content (AvgIpc) is 2.89. The summed E-state index contributed by atoms with van der Waals surface area (Å²) in [7, 11) is -1.16.